The van der Waals surface area contributed by atoms with Gasteiger partial charge in [0.05, 0.1) is 4.92 Å². The quantitative estimate of drug-likeness (QED) is 0.350. The van der Waals surface area contributed by atoms with Crippen molar-refractivity contribution in [3.8, 4) is 0 Å². The molecule has 3 aromatic carbocycles. The zero-order valence-corrected chi connectivity index (χ0v) is 15.3. The van der Waals surface area contributed by atoms with Crippen molar-refractivity contribution in [3.05, 3.63) is 112 Å². The van der Waals surface area contributed by atoms with Gasteiger partial charge in [0.25, 0.3) is 5.69 Å². The van der Waals surface area contributed by atoms with E-state index in [1.54, 1.807) is 12.1 Å². The van der Waals surface area contributed by atoms with Crippen molar-refractivity contribution in [3.63, 3.8) is 0 Å². The van der Waals surface area contributed by atoms with Gasteiger partial charge in [0.1, 0.15) is 6.61 Å². The number of ether oxygens (including phenoxy) is 2. The fourth-order valence-electron chi connectivity index (χ4n) is 3.03. The second kappa shape index (κ2) is 8.45. The number of non-ortho nitro benzene ring substituents is 1. The minimum absolute atomic E-state index is 0.0186. The van der Waals surface area contributed by atoms with Crippen LogP contribution in [0.15, 0.2) is 84.9 Å². The van der Waals surface area contributed by atoms with Crippen LogP contribution in [0, 0.1) is 10.1 Å². The molecule has 3 rings (SSSR count). The molecule has 142 valence electrons. The van der Waals surface area contributed by atoms with E-state index in [1.807, 2.05) is 60.7 Å². The summed E-state index contributed by atoms with van der Waals surface area (Å²) >= 11 is 0. The van der Waals surface area contributed by atoms with Gasteiger partial charge in [-0.15, -0.1) is 0 Å². The van der Waals surface area contributed by atoms with Crippen LogP contribution in [0.1, 0.15) is 16.7 Å². The molecule has 0 aliphatic heterocycles. The summed E-state index contributed by atoms with van der Waals surface area (Å²) < 4.78 is 11.3. The maximum Gasteiger partial charge on any atom is 0.348 e. The second-order valence-electron chi connectivity index (χ2n) is 6.12. The molecule has 0 heterocycles. The van der Waals surface area contributed by atoms with E-state index in [1.165, 1.54) is 19.2 Å². The summed E-state index contributed by atoms with van der Waals surface area (Å²) in [6.45, 7) is -0.0262. The van der Waals surface area contributed by atoms with E-state index in [0.717, 1.165) is 0 Å². The first-order chi connectivity index (χ1) is 13.6. The molecule has 6 nitrogen and oxygen atoms in total. The highest BCUT2D eigenvalue weighted by Crippen LogP contribution is 2.35. The number of esters is 1. The Kier molecular flexibility index (Phi) is 5.81. The van der Waals surface area contributed by atoms with Crippen LogP contribution in [0.4, 0.5) is 5.69 Å². The standard InChI is InChI=1S/C22H19NO5/c1-27-22(18-8-4-2-5-9-18,19-10-6-3-7-11-19)21(24)28-16-17-12-14-20(15-13-17)23(25)26/h2-15H,16H2,1H3. The molecule has 0 N–H and O–H groups in total. The molecule has 0 fully saturated rings. The molecule has 0 aliphatic rings. The number of carbonyl (C=O) groups is 1. The number of nitro benzene ring substituents is 1. The Morgan fingerprint density at radius 3 is 1.82 bits per heavy atom. The summed E-state index contributed by atoms with van der Waals surface area (Å²) in [5.74, 6) is -0.564. The number of hydrogen-bond acceptors (Lipinski definition) is 5. The molecule has 0 unspecified atom stereocenters. The lowest BCUT2D eigenvalue weighted by Crippen LogP contribution is -2.40. The van der Waals surface area contributed by atoms with Gasteiger partial charge in [-0.05, 0) is 28.8 Å². The predicted octanol–water partition coefficient (Wildman–Crippen LogP) is 4.23. The maximum absolute atomic E-state index is 13.2. The van der Waals surface area contributed by atoms with Crippen LogP contribution < -0.4 is 0 Å². The molecule has 0 atom stereocenters. The first-order valence-corrected chi connectivity index (χ1v) is 8.64. The van der Waals surface area contributed by atoms with Crippen molar-refractivity contribution in [2.24, 2.45) is 0 Å². The average molecular weight is 377 g/mol. The summed E-state index contributed by atoms with van der Waals surface area (Å²) in [6.07, 6.45) is 0. The van der Waals surface area contributed by atoms with E-state index in [2.05, 4.69) is 0 Å². The number of benzene rings is 3. The normalized spacial score (nSPS) is 11.0. The monoisotopic (exact) mass is 377 g/mol. The molecule has 0 radical (unpaired) electrons. The third-order valence-corrected chi connectivity index (χ3v) is 4.47. The topological polar surface area (TPSA) is 78.7 Å². The first kappa shape index (κ1) is 19.3. The molecule has 28 heavy (non-hydrogen) atoms. The summed E-state index contributed by atoms with van der Waals surface area (Å²) in [7, 11) is 1.47. The summed E-state index contributed by atoms with van der Waals surface area (Å²) in [5.41, 5.74) is 0.512. The van der Waals surface area contributed by atoms with Gasteiger partial charge in [0.2, 0.25) is 5.60 Å². The zero-order chi connectivity index (χ0) is 20.0. The van der Waals surface area contributed by atoms with Crippen LogP contribution in [0.2, 0.25) is 0 Å². The van der Waals surface area contributed by atoms with E-state index in [0.29, 0.717) is 16.7 Å². The van der Waals surface area contributed by atoms with Crippen molar-refractivity contribution in [2.75, 3.05) is 7.11 Å². The van der Waals surface area contributed by atoms with Gasteiger partial charge in [-0.2, -0.15) is 0 Å². The van der Waals surface area contributed by atoms with E-state index in [-0.39, 0.29) is 12.3 Å². The minimum Gasteiger partial charge on any atom is -0.458 e. The highest BCUT2D eigenvalue weighted by Gasteiger charge is 2.44. The molecule has 6 heteroatoms. The lowest BCUT2D eigenvalue weighted by Gasteiger charge is -2.31. The van der Waals surface area contributed by atoms with Gasteiger partial charge in [-0.3, -0.25) is 10.1 Å². The van der Waals surface area contributed by atoms with Crippen LogP contribution in [0.5, 0.6) is 0 Å². The lowest BCUT2D eigenvalue weighted by molar-refractivity contribution is -0.384. The highest BCUT2D eigenvalue weighted by molar-refractivity contribution is 5.85. The van der Waals surface area contributed by atoms with Gasteiger partial charge in [-0.1, -0.05) is 60.7 Å². The SMILES string of the molecule is COC(C(=O)OCc1ccc([N+](=O)[O-])cc1)(c1ccccc1)c1ccccc1. The lowest BCUT2D eigenvalue weighted by atomic mass is 9.86. The fraction of sp³-hybridized carbons (Fsp3) is 0.136. The van der Waals surface area contributed by atoms with Crippen LogP contribution in [-0.2, 0) is 26.5 Å². The average Bonchev–Trinajstić information content (AvgIpc) is 2.75. The molecule has 0 saturated carbocycles. The van der Waals surface area contributed by atoms with Crippen molar-refractivity contribution in [2.45, 2.75) is 12.2 Å². The molecule has 0 aromatic heterocycles. The Morgan fingerprint density at radius 2 is 1.39 bits per heavy atom. The summed E-state index contributed by atoms with van der Waals surface area (Å²) in [6, 6.07) is 24.1. The van der Waals surface area contributed by atoms with Gasteiger partial charge < -0.3 is 9.47 Å². The molecular formula is C22H19NO5. The minimum atomic E-state index is -1.41. The van der Waals surface area contributed by atoms with E-state index in [9.17, 15) is 14.9 Å². The molecule has 0 amide bonds. The number of nitrogens with zero attached hydrogens (tertiary/aromatic N) is 1. The third-order valence-electron chi connectivity index (χ3n) is 4.47. The van der Waals surface area contributed by atoms with Crippen molar-refractivity contribution >= 4 is 11.7 Å². The molecule has 3 aromatic rings. The van der Waals surface area contributed by atoms with Gasteiger partial charge in [-0.25, -0.2) is 4.79 Å². The molecule has 0 bridgehead atoms. The van der Waals surface area contributed by atoms with Crippen LogP contribution in [0.3, 0.4) is 0 Å². The van der Waals surface area contributed by atoms with Crippen molar-refractivity contribution < 1.29 is 19.2 Å². The molecular weight excluding hydrogens is 358 g/mol. The van der Waals surface area contributed by atoms with Crippen LogP contribution >= 0.6 is 0 Å². The van der Waals surface area contributed by atoms with E-state index >= 15 is 0 Å². The number of nitro groups is 1. The molecule has 0 aliphatic carbocycles. The summed E-state index contributed by atoms with van der Waals surface area (Å²) in [5, 5.41) is 10.8. The number of hydrogen-bond donors (Lipinski definition) is 0. The Labute approximate surface area is 162 Å². The smallest absolute Gasteiger partial charge is 0.348 e. The van der Waals surface area contributed by atoms with Crippen molar-refractivity contribution in [1.82, 2.24) is 0 Å². The number of carbonyl (C=O) groups excluding carboxylic acids is 1. The Bertz CT molecular complexity index is 900. The Hall–Kier alpha value is -3.51. The third kappa shape index (κ3) is 3.77. The van der Waals surface area contributed by atoms with Gasteiger partial charge in [0, 0.05) is 19.2 Å². The van der Waals surface area contributed by atoms with Crippen molar-refractivity contribution in [1.29, 1.82) is 0 Å². The second-order valence-corrected chi connectivity index (χ2v) is 6.12. The predicted molar refractivity (Wildman–Crippen MR) is 104 cm³/mol. The molecule has 0 spiro atoms. The number of methoxy groups -OCH3 is 1. The zero-order valence-electron chi connectivity index (χ0n) is 15.3. The van der Waals surface area contributed by atoms with Crippen LogP contribution in [0.25, 0.3) is 0 Å². The van der Waals surface area contributed by atoms with E-state index < -0.39 is 16.5 Å². The maximum atomic E-state index is 13.2. The Morgan fingerprint density at radius 1 is 0.893 bits per heavy atom. The Balaban J connectivity index is 1.90. The van der Waals surface area contributed by atoms with Gasteiger partial charge in [0.15, 0.2) is 0 Å². The largest absolute Gasteiger partial charge is 0.458 e. The fourth-order valence-corrected chi connectivity index (χ4v) is 3.03. The van der Waals surface area contributed by atoms with Crippen LogP contribution in [-0.4, -0.2) is 18.0 Å². The van der Waals surface area contributed by atoms with Gasteiger partial charge >= 0.3 is 5.97 Å². The first-order valence-electron chi connectivity index (χ1n) is 8.64. The molecule has 0 saturated heterocycles. The van der Waals surface area contributed by atoms with E-state index in [4.69, 9.17) is 9.47 Å². The summed E-state index contributed by atoms with van der Waals surface area (Å²) in [4.78, 5) is 23.5. The highest BCUT2D eigenvalue weighted by atomic mass is 16.6. The number of rotatable bonds is 7.